The average Bonchev–Trinajstić information content (AvgIpc) is 3.00. The van der Waals surface area contributed by atoms with Crippen molar-refractivity contribution in [2.75, 3.05) is 13.2 Å². The van der Waals surface area contributed by atoms with E-state index in [2.05, 4.69) is 24.0 Å². The minimum atomic E-state index is -0.0812. The predicted octanol–water partition coefficient (Wildman–Crippen LogP) is 2.03. The highest BCUT2D eigenvalue weighted by Crippen LogP contribution is 2.50. The lowest BCUT2D eigenvalue weighted by atomic mass is 10.00. The third-order valence-corrected chi connectivity index (χ3v) is 3.82. The quantitative estimate of drug-likeness (QED) is 0.822. The van der Waals surface area contributed by atoms with E-state index in [0.717, 1.165) is 31.7 Å². The largest absolute Gasteiger partial charge is 0.493 e. The van der Waals surface area contributed by atoms with Crippen LogP contribution < -0.4 is 10.1 Å². The van der Waals surface area contributed by atoms with Crippen LogP contribution in [0.5, 0.6) is 5.75 Å². The molecule has 1 amide bonds. The lowest BCUT2D eigenvalue weighted by Gasteiger charge is -2.06. The smallest absolute Gasteiger partial charge is 0.243 e. The number of amides is 1. The van der Waals surface area contributed by atoms with E-state index in [9.17, 15) is 4.79 Å². The number of carbonyl (C=O) groups excluding carboxylic acids is 1. The lowest BCUT2D eigenvalue weighted by Crippen LogP contribution is -2.23. The molecule has 3 rings (SSSR count). The van der Waals surface area contributed by atoms with E-state index >= 15 is 0 Å². The third-order valence-electron chi connectivity index (χ3n) is 3.82. The van der Waals surface area contributed by atoms with Crippen LogP contribution >= 0.6 is 0 Å². The molecule has 0 radical (unpaired) electrons. The van der Waals surface area contributed by atoms with E-state index in [1.54, 1.807) is 0 Å². The molecule has 2 aliphatic rings. The van der Waals surface area contributed by atoms with E-state index in [4.69, 9.17) is 4.74 Å². The molecule has 0 unspecified atom stereocenters. The van der Waals surface area contributed by atoms with Gasteiger partial charge in [-0.3, -0.25) is 4.79 Å². The minimum absolute atomic E-state index is 0.0812. The van der Waals surface area contributed by atoms with Crippen LogP contribution in [0.4, 0.5) is 0 Å². The van der Waals surface area contributed by atoms with Gasteiger partial charge in [0.2, 0.25) is 5.91 Å². The minimum Gasteiger partial charge on any atom is -0.493 e. The normalized spacial score (nSPS) is 24.0. The van der Waals surface area contributed by atoms with Crippen molar-refractivity contribution >= 4 is 5.91 Å². The number of fused-ring (bicyclic) bond motifs is 1. The zero-order valence-corrected chi connectivity index (χ0v) is 10.3. The van der Waals surface area contributed by atoms with Gasteiger partial charge < -0.3 is 10.1 Å². The van der Waals surface area contributed by atoms with Crippen LogP contribution in [0.1, 0.15) is 23.5 Å². The summed E-state index contributed by atoms with van der Waals surface area (Å²) >= 11 is 0. The lowest BCUT2D eigenvalue weighted by molar-refractivity contribution is -0.116. The molecule has 0 aromatic heterocycles. The van der Waals surface area contributed by atoms with Gasteiger partial charge in [-0.25, -0.2) is 0 Å². The molecular formula is C15H17NO2. The van der Waals surface area contributed by atoms with Crippen molar-refractivity contribution in [2.24, 2.45) is 5.92 Å². The standard InChI is InChI=1S/C15H17NO2/c1-2-15(17)16-9-10-8-13(10)11-4-3-5-14-12(11)6-7-18-14/h2-5,10,13H,1,6-9H2,(H,16,17)/t10-,13+/m0/s1. The highest BCUT2D eigenvalue weighted by Gasteiger charge is 2.40. The fourth-order valence-electron chi connectivity index (χ4n) is 2.75. The van der Waals surface area contributed by atoms with E-state index in [1.165, 1.54) is 17.2 Å². The first-order chi connectivity index (χ1) is 8.79. The summed E-state index contributed by atoms with van der Waals surface area (Å²) in [5, 5.41) is 2.87. The number of nitrogens with one attached hydrogen (secondary N) is 1. The molecule has 0 spiro atoms. The predicted molar refractivity (Wildman–Crippen MR) is 69.7 cm³/mol. The Balaban J connectivity index is 1.66. The molecule has 0 saturated heterocycles. The molecule has 3 nitrogen and oxygen atoms in total. The average molecular weight is 243 g/mol. The Kier molecular flexibility index (Phi) is 2.82. The van der Waals surface area contributed by atoms with Crippen LogP contribution in [0, 0.1) is 5.92 Å². The molecule has 1 saturated carbocycles. The first-order valence-electron chi connectivity index (χ1n) is 6.44. The van der Waals surface area contributed by atoms with Gasteiger partial charge >= 0.3 is 0 Å². The molecule has 2 atom stereocenters. The van der Waals surface area contributed by atoms with Gasteiger partial charge in [-0.1, -0.05) is 18.7 Å². The van der Waals surface area contributed by atoms with Crippen LogP contribution in [0.15, 0.2) is 30.9 Å². The number of carbonyl (C=O) groups is 1. The molecule has 1 fully saturated rings. The Bertz CT molecular complexity index is 495. The van der Waals surface area contributed by atoms with Crippen molar-refractivity contribution in [1.29, 1.82) is 0 Å². The van der Waals surface area contributed by atoms with Crippen molar-refractivity contribution in [3.8, 4) is 5.75 Å². The Morgan fingerprint density at radius 3 is 3.28 bits per heavy atom. The van der Waals surface area contributed by atoms with Gasteiger partial charge in [-0.2, -0.15) is 0 Å². The summed E-state index contributed by atoms with van der Waals surface area (Å²) in [6.07, 6.45) is 3.51. The van der Waals surface area contributed by atoms with Gasteiger partial charge in [0.05, 0.1) is 6.61 Å². The third kappa shape index (κ3) is 2.01. The number of rotatable bonds is 4. The van der Waals surface area contributed by atoms with E-state index in [1.807, 2.05) is 6.07 Å². The van der Waals surface area contributed by atoms with E-state index in [-0.39, 0.29) is 5.91 Å². The summed E-state index contributed by atoms with van der Waals surface area (Å²) in [5.74, 6) is 2.13. The van der Waals surface area contributed by atoms with Crippen LogP contribution in [0.3, 0.4) is 0 Å². The van der Waals surface area contributed by atoms with Crippen molar-refractivity contribution in [3.63, 3.8) is 0 Å². The van der Waals surface area contributed by atoms with Crippen molar-refractivity contribution in [1.82, 2.24) is 5.32 Å². The van der Waals surface area contributed by atoms with Crippen LogP contribution in [-0.2, 0) is 11.2 Å². The molecular weight excluding hydrogens is 226 g/mol. The molecule has 1 aliphatic heterocycles. The second kappa shape index (κ2) is 4.48. The van der Waals surface area contributed by atoms with Crippen molar-refractivity contribution < 1.29 is 9.53 Å². The molecule has 1 aromatic rings. The SMILES string of the molecule is C=CC(=O)NC[C@@H]1C[C@H]1c1cccc2c1CCO2. The molecule has 3 heteroatoms. The molecule has 94 valence electrons. The van der Waals surface area contributed by atoms with Crippen molar-refractivity contribution in [2.45, 2.75) is 18.8 Å². The summed E-state index contributed by atoms with van der Waals surface area (Å²) in [6, 6.07) is 6.31. The second-order valence-corrected chi connectivity index (χ2v) is 4.97. The number of hydrogen-bond acceptors (Lipinski definition) is 2. The Hall–Kier alpha value is -1.77. The monoisotopic (exact) mass is 243 g/mol. The van der Waals surface area contributed by atoms with Crippen LogP contribution in [0.25, 0.3) is 0 Å². The first kappa shape index (κ1) is 11.3. The van der Waals surface area contributed by atoms with Crippen LogP contribution in [0.2, 0.25) is 0 Å². The highest BCUT2D eigenvalue weighted by atomic mass is 16.5. The maximum absolute atomic E-state index is 11.1. The maximum atomic E-state index is 11.1. The molecule has 1 heterocycles. The number of hydrogen-bond donors (Lipinski definition) is 1. The van der Waals surface area contributed by atoms with E-state index in [0.29, 0.717) is 11.8 Å². The number of ether oxygens (including phenoxy) is 1. The van der Waals surface area contributed by atoms with Crippen LogP contribution in [-0.4, -0.2) is 19.1 Å². The maximum Gasteiger partial charge on any atom is 0.243 e. The van der Waals surface area contributed by atoms with Crippen molar-refractivity contribution in [3.05, 3.63) is 42.0 Å². The first-order valence-corrected chi connectivity index (χ1v) is 6.44. The summed E-state index contributed by atoms with van der Waals surface area (Å²) in [6.45, 7) is 5.01. The molecule has 18 heavy (non-hydrogen) atoms. The van der Waals surface area contributed by atoms with Gasteiger partial charge in [0.15, 0.2) is 0 Å². The van der Waals surface area contributed by atoms with Gasteiger partial charge in [0.1, 0.15) is 5.75 Å². The zero-order chi connectivity index (χ0) is 12.5. The Labute approximate surface area is 107 Å². The Morgan fingerprint density at radius 2 is 2.44 bits per heavy atom. The van der Waals surface area contributed by atoms with Gasteiger partial charge in [0, 0.05) is 18.5 Å². The van der Waals surface area contributed by atoms with Gasteiger partial charge in [-0.15, -0.1) is 0 Å². The highest BCUT2D eigenvalue weighted by molar-refractivity contribution is 5.86. The molecule has 1 aromatic carbocycles. The summed E-state index contributed by atoms with van der Waals surface area (Å²) in [5.41, 5.74) is 2.79. The fourth-order valence-corrected chi connectivity index (χ4v) is 2.75. The molecule has 1 N–H and O–H groups in total. The van der Waals surface area contributed by atoms with Gasteiger partial charge in [0.25, 0.3) is 0 Å². The summed E-state index contributed by atoms with van der Waals surface area (Å²) in [4.78, 5) is 11.1. The summed E-state index contributed by atoms with van der Waals surface area (Å²) in [7, 11) is 0. The zero-order valence-electron chi connectivity index (χ0n) is 10.3. The topological polar surface area (TPSA) is 38.3 Å². The molecule has 0 bridgehead atoms. The second-order valence-electron chi connectivity index (χ2n) is 4.97. The summed E-state index contributed by atoms with van der Waals surface area (Å²) < 4.78 is 5.58. The Morgan fingerprint density at radius 1 is 1.56 bits per heavy atom. The fraction of sp³-hybridized carbons (Fsp3) is 0.400. The van der Waals surface area contributed by atoms with Gasteiger partial charge in [-0.05, 0) is 36.0 Å². The number of benzene rings is 1. The van der Waals surface area contributed by atoms with E-state index < -0.39 is 0 Å². The molecule has 1 aliphatic carbocycles.